The molecule has 2 rings (SSSR count). The first-order valence-corrected chi connectivity index (χ1v) is 5.76. The Balaban J connectivity index is 2.18. The van der Waals surface area contributed by atoms with Crippen molar-refractivity contribution in [2.24, 2.45) is 0 Å². The summed E-state index contributed by atoms with van der Waals surface area (Å²) in [5.41, 5.74) is 1.55. The average molecular weight is 251 g/mol. The minimum atomic E-state index is -0.854. The molecule has 4 heteroatoms. The fourth-order valence-corrected chi connectivity index (χ4v) is 1.99. The molecule has 0 radical (unpaired) electrons. The van der Waals surface area contributed by atoms with Gasteiger partial charge in [0.15, 0.2) is 11.6 Å². The summed E-state index contributed by atoms with van der Waals surface area (Å²) in [6.07, 6.45) is 0. The quantitative estimate of drug-likeness (QED) is 0.877. The topological polar surface area (TPSA) is 25.2 Å². The molecule has 1 aromatic heterocycles. The second-order valence-corrected chi connectivity index (χ2v) is 4.36. The summed E-state index contributed by atoms with van der Waals surface area (Å²) in [6, 6.07) is 5.67. The first kappa shape index (κ1) is 12.6. The van der Waals surface area contributed by atoms with Crippen LogP contribution in [-0.2, 0) is 0 Å². The third kappa shape index (κ3) is 2.53. The average Bonchev–Trinajstić information content (AvgIpc) is 2.63. The Hall–Kier alpha value is -1.84. The molecule has 1 heterocycles. The Morgan fingerprint density at radius 2 is 1.83 bits per heavy atom. The highest BCUT2D eigenvalue weighted by Crippen LogP contribution is 2.25. The van der Waals surface area contributed by atoms with Gasteiger partial charge in [-0.2, -0.15) is 0 Å². The van der Waals surface area contributed by atoms with Crippen molar-refractivity contribution in [2.75, 3.05) is 5.32 Å². The predicted octanol–water partition coefficient (Wildman–Crippen LogP) is 4.35. The van der Waals surface area contributed by atoms with Crippen LogP contribution in [0.4, 0.5) is 14.5 Å². The largest absolute Gasteiger partial charge is 0.466 e. The zero-order chi connectivity index (χ0) is 13.3. The van der Waals surface area contributed by atoms with Gasteiger partial charge >= 0.3 is 0 Å². The molecule has 1 aromatic carbocycles. The first-order chi connectivity index (χ1) is 8.47. The third-order valence-electron chi connectivity index (χ3n) is 2.85. The molecule has 1 unspecified atom stereocenters. The van der Waals surface area contributed by atoms with Crippen LogP contribution in [-0.4, -0.2) is 0 Å². The summed E-state index contributed by atoms with van der Waals surface area (Å²) in [4.78, 5) is 0. The lowest BCUT2D eigenvalue weighted by molar-refractivity contribution is 0.499. The highest BCUT2D eigenvalue weighted by Gasteiger charge is 2.13. The number of rotatable bonds is 3. The molecule has 0 saturated heterocycles. The van der Waals surface area contributed by atoms with E-state index in [1.54, 1.807) is 0 Å². The molecule has 18 heavy (non-hydrogen) atoms. The number of hydrogen-bond acceptors (Lipinski definition) is 2. The summed E-state index contributed by atoms with van der Waals surface area (Å²) >= 11 is 0. The fraction of sp³-hybridized carbons (Fsp3) is 0.286. The summed E-state index contributed by atoms with van der Waals surface area (Å²) in [5, 5.41) is 3.11. The number of benzene rings is 1. The van der Waals surface area contributed by atoms with E-state index in [0.717, 1.165) is 29.2 Å². The molecule has 1 atom stereocenters. The maximum atomic E-state index is 13.1. The van der Waals surface area contributed by atoms with Crippen molar-refractivity contribution in [2.45, 2.75) is 26.8 Å². The van der Waals surface area contributed by atoms with Gasteiger partial charge in [-0.05, 0) is 39.0 Å². The van der Waals surface area contributed by atoms with Crippen LogP contribution < -0.4 is 5.32 Å². The number of hydrogen-bond donors (Lipinski definition) is 1. The van der Waals surface area contributed by atoms with E-state index in [4.69, 9.17) is 4.42 Å². The molecule has 0 bridgehead atoms. The summed E-state index contributed by atoms with van der Waals surface area (Å²) < 4.78 is 31.3. The lowest BCUT2D eigenvalue weighted by Crippen LogP contribution is -2.07. The molecule has 0 aliphatic heterocycles. The SMILES string of the molecule is Cc1cc(C(C)Nc2ccc(F)c(F)c2)c(C)o1. The van der Waals surface area contributed by atoms with Crippen molar-refractivity contribution < 1.29 is 13.2 Å². The van der Waals surface area contributed by atoms with Gasteiger partial charge in [-0.15, -0.1) is 0 Å². The van der Waals surface area contributed by atoms with Crippen LogP contribution in [0.2, 0.25) is 0 Å². The van der Waals surface area contributed by atoms with Gasteiger partial charge in [0.25, 0.3) is 0 Å². The summed E-state index contributed by atoms with van der Waals surface area (Å²) in [5.74, 6) is -0.0349. The van der Waals surface area contributed by atoms with E-state index in [1.807, 2.05) is 26.8 Å². The van der Waals surface area contributed by atoms with E-state index < -0.39 is 11.6 Å². The van der Waals surface area contributed by atoms with Gasteiger partial charge in [0, 0.05) is 17.3 Å². The van der Waals surface area contributed by atoms with Crippen LogP contribution in [0.25, 0.3) is 0 Å². The monoisotopic (exact) mass is 251 g/mol. The molecule has 2 aromatic rings. The van der Waals surface area contributed by atoms with Crippen LogP contribution in [0.5, 0.6) is 0 Å². The number of anilines is 1. The van der Waals surface area contributed by atoms with Crippen molar-refractivity contribution in [3.63, 3.8) is 0 Å². The molecule has 0 saturated carbocycles. The third-order valence-corrected chi connectivity index (χ3v) is 2.85. The van der Waals surface area contributed by atoms with Gasteiger partial charge in [0.05, 0.1) is 6.04 Å². The molecule has 0 amide bonds. The van der Waals surface area contributed by atoms with Crippen molar-refractivity contribution in [3.8, 4) is 0 Å². The lowest BCUT2D eigenvalue weighted by Gasteiger charge is -2.14. The highest BCUT2D eigenvalue weighted by molar-refractivity contribution is 5.46. The highest BCUT2D eigenvalue weighted by atomic mass is 19.2. The molecular weight excluding hydrogens is 236 g/mol. The maximum absolute atomic E-state index is 13.1. The molecule has 0 fully saturated rings. The molecular formula is C14H15F2NO. The normalized spacial score (nSPS) is 12.5. The van der Waals surface area contributed by atoms with Crippen molar-refractivity contribution in [3.05, 3.63) is 53.0 Å². The zero-order valence-corrected chi connectivity index (χ0v) is 10.6. The van der Waals surface area contributed by atoms with Crippen LogP contribution in [0.3, 0.4) is 0 Å². The van der Waals surface area contributed by atoms with Gasteiger partial charge < -0.3 is 9.73 Å². The lowest BCUT2D eigenvalue weighted by atomic mass is 10.1. The van der Waals surface area contributed by atoms with Crippen LogP contribution in [0, 0.1) is 25.5 Å². The van der Waals surface area contributed by atoms with E-state index in [-0.39, 0.29) is 6.04 Å². The second-order valence-electron chi connectivity index (χ2n) is 4.36. The first-order valence-electron chi connectivity index (χ1n) is 5.76. The fourth-order valence-electron chi connectivity index (χ4n) is 1.99. The number of furan rings is 1. The van der Waals surface area contributed by atoms with Gasteiger partial charge in [-0.1, -0.05) is 0 Å². The Kier molecular flexibility index (Phi) is 3.36. The van der Waals surface area contributed by atoms with Crippen molar-refractivity contribution in [1.82, 2.24) is 0 Å². The Morgan fingerprint density at radius 1 is 1.11 bits per heavy atom. The number of aryl methyl sites for hydroxylation is 2. The Labute approximate surface area is 105 Å². The number of nitrogens with one attached hydrogen (secondary N) is 1. The van der Waals surface area contributed by atoms with Crippen LogP contribution >= 0.6 is 0 Å². The molecule has 0 aliphatic rings. The van der Waals surface area contributed by atoms with Crippen LogP contribution in [0.15, 0.2) is 28.7 Å². The van der Waals surface area contributed by atoms with Gasteiger partial charge in [0.2, 0.25) is 0 Å². The van der Waals surface area contributed by atoms with Gasteiger partial charge in [-0.3, -0.25) is 0 Å². The Bertz CT molecular complexity index is 563. The molecule has 0 spiro atoms. The standard InChI is InChI=1S/C14H15F2NO/c1-8-6-12(10(3)18-8)9(2)17-11-4-5-13(15)14(16)7-11/h4-7,9,17H,1-3H3. The van der Waals surface area contributed by atoms with E-state index >= 15 is 0 Å². The summed E-state index contributed by atoms with van der Waals surface area (Å²) in [6.45, 7) is 5.70. The molecule has 1 N–H and O–H groups in total. The molecule has 96 valence electrons. The van der Waals surface area contributed by atoms with Gasteiger partial charge in [-0.25, -0.2) is 8.78 Å². The van der Waals surface area contributed by atoms with E-state index in [1.165, 1.54) is 6.07 Å². The minimum absolute atomic E-state index is 0.0349. The van der Waals surface area contributed by atoms with Gasteiger partial charge in [0.1, 0.15) is 11.5 Å². The van der Waals surface area contributed by atoms with Crippen LogP contribution in [0.1, 0.15) is 30.0 Å². The second kappa shape index (κ2) is 4.80. The maximum Gasteiger partial charge on any atom is 0.160 e. The molecule has 2 nitrogen and oxygen atoms in total. The van der Waals surface area contributed by atoms with E-state index in [9.17, 15) is 8.78 Å². The Morgan fingerprint density at radius 3 is 2.39 bits per heavy atom. The van der Waals surface area contributed by atoms with Crippen molar-refractivity contribution in [1.29, 1.82) is 0 Å². The number of halogens is 2. The van der Waals surface area contributed by atoms with Crippen molar-refractivity contribution >= 4 is 5.69 Å². The van der Waals surface area contributed by atoms with E-state index in [2.05, 4.69) is 5.32 Å². The zero-order valence-electron chi connectivity index (χ0n) is 10.6. The summed E-state index contributed by atoms with van der Waals surface area (Å²) in [7, 11) is 0. The molecule has 0 aliphatic carbocycles. The van der Waals surface area contributed by atoms with E-state index in [0.29, 0.717) is 5.69 Å². The minimum Gasteiger partial charge on any atom is -0.466 e. The smallest absolute Gasteiger partial charge is 0.160 e. The predicted molar refractivity (Wildman–Crippen MR) is 66.6 cm³/mol.